The summed E-state index contributed by atoms with van der Waals surface area (Å²) in [6.45, 7) is 5.80. The fourth-order valence-electron chi connectivity index (χ4n) is 1.72. The van der Waals surface area contributed by atoms with Gasteiger partial charge < -0.3 is 4.52 Å². The van der Waals surface area contributed by atoms with Crippen LogP contribution >= 0.6 is 34.2 Å². The molecule has 0 unspecified atom stereocenters. The van der Waals surface area contributed by atoms with Crippen molar-refractivity contribution >= 4 is 51.4 Å². The summed E-state index contributed by atoms with van der Waals surface area (Å²) in [5.41, 5.74) is 2.67. The number of hydrogen-bond donors (Lipinski definition) is 1. The minimum absolute atomic E-state index is 0.0442. The number of hydrogen-bond acceptors (Lipinski definition) is 6. The summed E-state index contributed by atoms with van der Waals surface area (Å²) >= 11 is 8.06. The zero-order valence-corrected chi connectivity index (χ0v) is 16.1. The van der Waals surface area contributed by atoms with Crippen molar-refractivity contribution < 1.29 is 9.32 Å². The molecule has 0 aliphatic heterocycles. The number of Topliss-reactive ketones (excluding diaryl/α,β-unsaturated/α-hetero) is 1. The van der Waals surface area contributed by atoms with E-state index in [1.807, 2.05) is 20.8 Å². The van der Waals surface area contributed by atoms with Gasteiger partial charge in [-0.3, -0.25) is 10.2 Å². The van der Waals surface area contributed by atoms with Crippen molar-refractivity contribution in [3.8, 4) is 6.07 Å². The highest BCUT2D eigenvalue weighted by molar-refractivity contribution is 14.1. The number of hydrazone groups is 1. The Morgan fingerprint density at radius 2 is 2.08 bits per heavy atom. The van der Waals surface area contributed by atoms with E-state index in [0.29, 0.717) is 16.5 Å². The molecule has 0 saturated heterocycles. The fraction of sp³-hybridized carbons (Fsp3) is 0.250. The normalized spacial score (nSPS) is 11.9. The predicted molar refractivity (Wildman–Crippen MR) is 100 cm³/mol. The number of rotatable bonds is 4. The average Bonchev–Trinajstić information content (AvgIpc) is 2.96. The number of carbonyl (C=O) groups is 1. The Hall–Kier alpha value is -1.92. The Kier molecular flexibility index (Phi) is 5.62. The zero-order valence-electron chi connectivity index (χ0n) is 13.2. The Morgan fingerprint density at radius 3 is 2.62 bits per heavy atom. The number of nitrogens with zero attached hydrogens (tertiary/aromatic N) is 3. The molecule has 0 atom stereocenters. The molecule has 1 aromatic carbocycles. The summed E-state index contributed by atoms with van der Waals surface area (Å²) in [6, 6.07) is 8.49. The second-order valence-electron chi connectivity index (χ2n) is 6.00. The molecule has 0 bridgehead atoms. The van der Waals surface area contributed by atoms with E-state index in [-0.39, 0.29) is 16.8 Å². The molecule has 0 radical (unpaired) electrons. The predicted octanol–water partition coefficient (Wildman–Crippen LogP) is 4.40. The number of ketones is 1. The van der Waals surface area contributed by atoms with Crippen molar-refractivity contribution in [1.29, 1.82) is 5.26 Å². The Morgan fingerprint density at radius 1 is 1.38 bits per heavy atom. The standard InChI is InChI=1S/C16H14ClIN4O2/c1-16(2,3)14-7-12(22-24-14)15(23)13(8-19)21-20-11-5-9(17)4-10(18)6-11/h4-7,20H,1-3H3/b21-13+. The van der Waals surface area contributed by atoms with E-state index in [0.717, 1.165) is 3.57 Å². The lowest BCUT2D eigenvalue weighted by atomic mass is 9.93. The van der Waals surface area contributed by atoms with Crippen molar-refractivity contribution in [2.75, 3.05) is 5.43 Å². The SMILES string of the molecule is CC(C)(C)c1cc(C(=O)/C(C#N)=N/Nc2cc(Cl)cc(I)c2)no1. The number of anilines is 1. The Bertz CT molecular complexity index is 826. The summed E-state index contributed by atoms with van der Waals surface area (Å²) in [4.78, 5) is 12.3. The molecule has 8 heteroatoms. The number of benzene rings is 1. The molecule has 6 nitrogen and oxygen atoms in total. The molecule has 1 aromatic heterocycles. The van der Waals surface area contributed by atoms with Crippen molar-refractivity contribution in [2.45, 2.75) is 26.2 Å². The molecule has 0 saturated carbocycles. The Balaban J connectivity index is 2.22. The maximum Gasteiger partial charge on any atom is 0.245 e. The minimum atomic E-state index is -0.610. The molecule has 0 spiro atoms. The topological polar surface area (TPSA) is 91.3 Å². The van der Waals surface area contributed by atoms with Gasteiger partial charge in [0.1, 0.15) is 11.8 Å². The van der Waals surface area contributed by atoms with Crippen molar-refractivity contribution in [1.82, 2.24) is 5.16 Å². The first-order valence-electron chi connectivity index (χ1n) is 6.92. The Labute approximate surface area is 158 Å². The van der Waals surface area contributed by atoms with Crippen LogP contribution in [0.3, 0.4) is 0 Å². The third-order valence-corrected chi connectivity index (χ3v) is 3.80. The van der Waals surface area contributed by atoms with E-state index < -0.39 is 5.78 Å². The van der Waals surface area contributed by atoms with Gasteiger partial charge in [-0.1, -0.05) is 37.5 Å². The number of nitriles is 1. The van der Waals surface area contributed by atoms with Crippen molar-refractivity contribution in [3.05, 3.63) is 44.3 Å². The first-order chi connectivity index (χ1) is 11.2. The second kappa shape index (κ2) is 7.32. The molecular formula is C16H14ClIN4O2. The van der Waals surface area contributed by atoms with Gasteiger partial charge in [-0.15, -0.1) is 0 Å². The van der Waals surface area contributed by atoms with Crippen LogP contribution in [0.4, 0.5) is 5.69 Å². The van der Waals surface area contributed by atoms with Gasteiger partial charge in [0, 0.05) is 20.1 Å². The first kappa shape index (κ1) is 18.4. The molecule has 124 valence electrons. The maximum absolute atomic E-state index is 12.3. The fourth-order valence-corrected chi connectivity index (χ4v) is 2.81. The average molecular weight is 457 g/mol. The molecule has 0 aliphatic rings. The van der Waals surface area contributed by atoms with E-state index >= 15 is 0 Å². The van der Waals surface area contributed by atoms with Crippen LogP contribution in [0.15, 0.2) is 33.9 Å². The van der Waals surface area contributed by atoms with E-state index in [4.69, 9.17) is 16.1 Å². The molecule has 2 aromatic rings. The van der Waals surface area contributed by atoms with Gasteiger partial charge in [0.25, 0.3) is 0 Å². The van der Waals surface area contributed by atoms with Crippen LogP contribution in [0.5, 0.6) is 0 Å². The molecule has 0 amide bonds. The molecule has 0 fully saturated rings. The van der Waals surface area contributed by atoms with Gasteiger partial charge in [-0.05, 0) is 40.8 Å². The highest BCUT2D eigenvalue weighted by atomic mass is 127. The first-order valence-corrected chi connectivity index (χ1v) is 8.38. The summed E-state index contributed by atoms with van der Waals surface area (Å²) in [5, 5.41) is 17.3. The minimum Gasteiger partial charge on any atom is -0.360 e. The van der Waals surface area contributed by atoms with Crippen LogP contribution in [-0.2, 0) is 5.41 Å². The lowest BCUT2D eigenvalue weighted by Crippen LogP contribution is -2.15. The summed E-state index contributed by atoms with van der Waals surface area (Å²) in [5.74, 6) is -0.0542. The quantitative estimate of drug-likeness (QED) is 0.319. The van der Waals surface area contributed by atoms with Crippen LogP contribution in [0.1, 0.15) is 37.0 Å². The van der Waals surface area contributed by atoms with Gasteiger partial charge in [0.05, 0.1) is 5.69 Å². The van der Waals surface area contributed by atoms with E-state index in [1.54, 1.807) is 24.3 Å². The van der Waals surface area contributed by atoms with E-state index in [1.165, 1.54) is 6.07 Å². The van der Waals surface area contributed by atoms with Crippen molar-refractivity contribution in [3.63, 3.8) is 0 Å². The highest BCUT2D eigenvalue weighted by Crippen LogP contribution is 2.23. The third kappa shape index (κ3) is 4.55. The number of aromatic nitrogens is 1. The number of nitrogens with one attached hydrogen (secondary N) is 1. The van der Waals surface area contributed by atoms with E-state index in [2.05, 4.69) is 38.3 Å². The monoisotopic (exact) mass is 456 g/mol. The summed E-state index contributed by atoms with van der Waals surface area (Å²) < 4.78 is 6.06. The van der Waals surface area contributed by atoms with Crippen LogP contribution in [0, 0.1) is 14.9 Å². The molecule has 24 heavy (non-hydrogen) atoms. The van der Waals surface area contributed by atoms with Gasteiger partial charge in [-0.2, -0.15) is 10.4 Å². The molecule has 2 rings (SSSR count). The molecule has 1 N–H and O–H groups in total. The second-order valence-corrected chi connectivity index (χ2v) is 7.68. The smallest absolute Gasteiger partial charge is 0.245 e. The highest BCUT2D eigenvalue weighted by Gasteiger charge is 2.24. The third-order valence-electron chi connectivity index (χ3n) is 2.96. The molecule has 0 aliphatic carbocycles. The number of carbonyl (C=O) groups excluding carboxylic acids is 1. The maximum atomic E-state index is 12.3. The van der Waals surface area contributed by atoms with Crippen LogP contribution in [0.25, 0.3) is 0 Å². The zero-order chi connectivity index (χ0) is 17.9. The van der Waals surface area contributed by atoms with Gasteiger partial charge >= 0.3 is 0 Å². The van der Waals surface area contributed by atoms with Gasteiger partial charge in [-0.25, -0.2) is 0 Å². The van der Waals surface area contributed by atoms with Crippen molar-refractivity contribution in [2.24, 2.45) is 5.10 Å². The largest absolute Gasteiger partial charge is 0.360 e. The lowest BCUT2D eigenvalue weighted by molar-refractivity contribution is 0.105. The lowest BCUT2D eigenvalue weighted by Gasteiger charge is -2.11. The molecule has 1 heterocycles. The van der Waals surface area contributed by atoms with Crippen LogP contribution < -0.4 is 5.43 Å². The van der Waals surface area contributed by atoms with Gasteiger partial charge in [0.2, 0.25) is 11.5 Å². The number of halogens is 2. The van der Waals surface area contributed by atoms with Crippen LogP contribution in [-0.4, -0.2) is 16.7 Å². The van der Waals surface area contributed by atoms with Gasteiger partial charge in [0.15, 0.2) is 5.69 Å². The van der Waals surface area contributed by atoms with Crippen LogP contribution in [0.2, 0.25) is 5.02 Å². The molecular weight excluding hydrogens is 443 g/mol. The van der Waals surface area contributed by atoms with E-state index in [9.17, 15) is 10.1 Å². The summed E-state index contributed by atoms with van der Waals surface area (Å²) in [6.07, 6.45) is 0. The summed E-state index contributed by atoms with van der Waals surface area (Å²) in [7, 11) is 0.